The monoisotopic (exact) mass is 840 g/mol. The molecule has 1 radical (unpaired) electrons. The first kappa shape index (κ1) is 31.0. The van der Waals surface area contributed by atoms with E-state index in [2.05, 4.69) is 85.8 Å². The fraction of sp³-hybridized carbons (Fsp3) is 0.186. The Morgan fingerprint density at radius 3 is 2.28 bits per heavy atom. The third kappa shape index (κ3) is 6.64. The quantitative estimate of drug-likeness (QED) is 0.162. The molecule has 0 bridgehead atoms. The third-order valence-corrected chi connectivity index (χ3v) is 8.59. The van der Waals surface area contributed by atoms with Crippen molar-refractivity contribution in [1.29, 1.82) is 0 Å². The molecule has 8 aromatic rings. The van der Waals surface area contributed by atoms with Crippen LogP contribution in [0.25, 0.3) is 61.4 Å². The standard InChI is InChI=1S/C31H28N3O.C12H9FN.Ir/c1-18(2)21-11-8-12-22(19(3)4)28(21)34-30(33-26-17-16-20(5)32-31(26)34)25-14-9-13-24-23-10-6-7-15-27(23)35-29(24)25;1-9-2-7-12(14-8-9)10-3-5-11(13)6-4-10;/h6-13,15-19H,1-5H3;2-3,5-8H,1H3;/q2*-1;/i;1D3;. The molecule has 0 N–H and O–H groups in total. The molecule has 5 nitrogen and oxygen atoms in total. The van der Waals surface area contributed by atoms with E-state index in [9.17, 15) is 4.39 Å². The van der Waals surface area contributed by atoms with Crippen LogP contribution in [-0.2, 0) is 20.1 Å². The number of para-hydroxylation sites is 2. The van der Waals surface area contributed by atoms with Crippen molar-refractivity contribution in [2.45, 2.75) is 53.3 Å². The van der Waals surface area contributed by atoms with E-state index in [-0.39, 0.29) is 31.5 Å². The van der Waals surface area contributed by atoms with E-state index in [0.29, 0.717) is 23.1 Å². The van der Waals surface area contributed by atoms with E-state index in [1.807, 2.05) is 37.3 Å². The molecule has 0 saturated heterocycles. The SMILES string of the molecule is Cc1ccc2nc(-c3[c-]ccc4c3oc3ccccc34)n(-c3c(C(C)C)cccc3C(C)C)c2n1.[2H]C([2H])([2H])c1ccc(-c2[c-]cc(F)cc2)nc1.[Ir]. The molecular weight excluding hydrogens is 800 g/mol. The summed E-state index contributed by atoms with van der Waals surface area (Å²) >= 11 is 0. The molecule has 253 valence electrons. The summed E-state index contributed by atoms with van der Waals surface area (Å²) in [6.45, 7) is 8.84. The molecule has 0 spiro atoms. The van der Waals surface area contributed by atoms with Crippen LogP contribution < -0.4 is 0 Å². The van der Waals surface area contributed by atoms with Gasteiger partial charge in [-0.2, -0.15) is 0 Å². The molecule has 7 heteroatoms. The molecule has 4 heterocycles. The predicted octanol–water partition coefficient (Wildman–Crippen LogP) is 11.3. The number of nitrogens with zero attached hydrogens (tertiary/aromatic N) is 4. The molecule has 8 rings (SSSR count). The molecule has 50 heavy (non-hydrogen) atoms. The van der Waals surface area contributed by atoms with Crippen LogP contribution in [-0.4, -0.2) is 19.5 Å². The number of benzene rings is 4. The number of aromatic nitrogens is 4. The van der Waals surface area contributed by atoms with Gasteiger partial charge in [-0.05, 0) is 66.2 Å². The van der Waals surface area contributed by atoms with Gasteiger partial charge >= 0.3 is 0 Å². The summed E-state index contributed by atoms with van der Waals surface area (Å²) in [5.74, 6) is 1.11. The van der Waals surface area contributed by atoms with Crippen molar-refractivity contribution >= 4 is 33.1 Å². The minimum absolute atomic E-state index is 0. The van der Waals surface area contributed by atoms with Crippen molar-refractivity contribution in [1.82, 2.24) is 19.5 Å². The van der Waals surface area contributed by atoms with Crippen LogP contribution >= 0.6 is 0 Å². The maximum atomic E-state index is 12.7. The van der Waals surface area contributed by atoms with Gasteiger partial charge in [0.25, 0.3) is 0 Å². The van der Waals surface area contributed by atoms with E-state index >= 15 is 0 Å². The summed E-state index contributed by atoms with van der Waals surface area (Å²) < 4.78 is 43.0. The Balaban J connectivity index is 0.000000226. The van der Waals surface area contributed by atoms with Crippen molar-refractivity contribution in [3.63, 3.8) is 0 Å². The van der Waals surface area contributed by atoms with Crippen LogP contribution in [0.1, 0.15) is 66.0 Å². The molecular formula is C43H37FIrN4O-2. The van der Waals surface area contributed by atoms with E-state index < -0.39 is 6.85 Å². The van der Waals surface area contributed by atoms with E-state index in [0.717, 1.165) is 55.9 Å². The molecule has 4 aromatic heterocycles. The number of imidazole rings is 1. The van der Waals surface area contributed by atoms with Gasteiger partial charge in [-0.15, -0.1) is 48.0 Å². The van der Waals surface area contributed by atoms with E-state index in [1.165, 1.54) is 35.5 Å². The fourth-order valence-electron chi connectivity index (χ4n) is 6.18. The predicted molar refractivity (Wildman–Crippen MR) is 197 cm³/mol. The van der Waals surface area contributed by atoms with Gasteiger partial charge in [-0.25, -0.2) is 4.98 Å². The number of halogens is 1. The number of pyridine rings is 2. The number of hydrogen-bond acceptors (Lipinski definition) is 4. The Morgan fingerprint density at radius 1 is 0.820 bits per heavy atom. The van der Waals surface area contributed by atoms with E-state index in [1.54, 1.807) is 12.1 Å². The Labute approximate surface area is 309 Å². The van der Waals surface area contributed by atoms with Gasteiger partial charge < -0.3 is 14.0 Å². The maximum Gasteiger partial charge on any atom is 0.155 e. The van der Waals surface area contributed by atoms with Crippen LogP contribution in [0.4, 0.5) is 4.39 Å². The van der Waals surface area contributed by atoms with Gasteiger partial charge in [-0.1, -0.05) is 87.2 Å². The van der Waals surface area contributed by atoms with Gasteiger partial charge in [-0.3, -0.25) is 9.37 Å². The van der Waals surface area contributed by atoms with Gasteiger partial charge in [0.15, 0.2) is 5.65 Å². The first-order valence-electron chi connectivity index (χ1n) is 17.9. The number of fused-ring (bicyclic) bond motifs is 4. The number of furan rings is 1. The van der Waals surface area contributed by atoms with Crippen molar-refractivity contribution in [2.75, 3.05) is 0 Å². The van der Waals surface area contributed by atoms with Crippen LogP contribution in [0.3, 0.4) is 0 Å². The molecule has 0 unspecified atom stereocenters. The summed E-state index contributed by atoms with van der Waals surface area (Å²) in [4.78, 5) is 14.1. The summed E-state index contributed by atoms with van der Waals surface area (Å²) in [7, 11) is 0. The molecule has 4 aromatic carbocycles. The van der Waals surface area contributed by atoms with Crippen LogP contribution in [0.15, 0.2) is 108 Å². The van der Waals surface area contributed by atoms with Crippen LogP contribution in [0.5, 0.6) is 0 Å². The first-order chi connectivity index (χ1) is 24.9. The topological polar surface area (TPSA) is 56.7 Å². The summed E-state index contributed by atoms with van der Waals surface area (Å²) in [5.41, 5.74) is 10.3. The zero-order chi connectivity index (χ0) is 36.7. The van der Waals surface area contributed by atoms with Crippen LogP contribution in [0, 0.1) is 31.7 Å². The molecule has 0 saturated carbocycles. The molecule has 0 fully saturated rings. The second kappa shape index (κ2) is 14.5. The number of aryl methyl sites for hydroxylation is 2. The minimum atomic E-state index is -2.15. The number of hydrogen-bond donors (Lipinski definition) is 0. The smallest absolute Gasteiger partial charge is 0.155 e. The zero-order valence-corrected chi connectivity index (χ0v) is 30.8. The van der Waals surface area contributed by atoms with Gasteiger partial charge in [0.05, 0.1) is 16.9 Å². The molecule has 0 aliphatic heterocycles. The number of rotatable bonds is 5. The summed E-state index contributed by atoms with van der Waals surface area (Å²) in [6.07, 6.45) is 1.31. The Morgan fingerprint density at radius 2 is 1.60 bits per heavy atom. The van der Waals surface area contributed by atoms with E-state index in [4.69, 9.17) is 18.5 Å². The molecule has 0 aliphatic carbocycles. The summed E-state index contributed by atoms with van der Waals surface area (Å²) in [6, 6.07) is 36.3. The second-order valence-corrected chi connectivity index (χ2v) is 12.7. The summed E-state index contributed by atoms with van der Waals surface area (Å²) in [5, 5.41) is 2.16. The maximum absolute atomic E-state index is 12.7. The Kier molecular flexibility index (Phi) is 8.99. The first-order valence-corrected chi connectivity index (χ1v) is 16.4. The largest absolute Gasteiger partial charge is 0.501 e. The Hall–Kier alpha value is -4.97. The third-order valence-electron chi connectivity index (χ3n) is 8.59. The average molecular weight is 840 g/mol. The zero-order valence-electron chi connectivity index (χ0n) is 31.4. The van der Waals surface area contributed by atoms with Crippen molar-refractivity contribution < 1.29 is 33.0 Å². The van der Waals surface area contributed by atoms with Gasteiger partial charge in [0.2, 0.25) is 0 Å². The van der Waals surface area contributed by atoms with Gasteiger partial charge in [0.1, 0.15) is 5.58 Å². The molecule has 0 amide bonds. The Bertz CT molecular complexity index is 2510. The second-order valence-electron chi connectivity index (χ2n) is 12.7. The van der Waals surface area contributed by atoms with Crippen molar-refractivity contribution in [3.05, 3.63) is 144 Å². The van der Waals surface area contributed by atoms with Crippen LogP contribution in [0.2, 0.25) is 0 Å². The molecule has 0 atom stereocenters. The van der Waals surface area contributed by atoms with Gasteiger partial charge in [0, 0.05) is 53.0 Å². The fourth-order valence-corrected chi connectivity index (χ4v) is 6.18. The average Bonchev–Trinajstić information content (AvgIpc) is 3.70. The molecule has 0 aliphatic rings. The van der Waals surface area contributed by atoms with Crippen molar-refractivity contribution in [3.8, 4) is 28.3 Å². The van der Waals surface area contributed by atoms with Crippen molar-refractivity contribution in [2.24, 2.45) is 0 Å². The normalized spacial score (nSPS) is 12.4. The minimum Gasteiger partial charge on any atom is -0.501 e.